The third-order valence-corrected chi connectivity index (χ3v) is 14.1. The van der Waals surface area contributed by atoms with Crippen LogP contribution in [0.15, 0.2) is 60.0 Å². The quantitative estimate of drug-likeness (QED) is 0.307. The van der Waals surface area contributed by atoms with Crippen molar-refractivity contribution in [3.63, 3.8) is 0 Å². The number of ether oxygens (including phenoxy) is 2. The average Bonchev–Trinajstić information content (AvgIpc) is 3.48. The van der Waals surface area contributed by atoms with Gasteiger partial charge in [0.15, 0.2) is 0 Å². The van der Waals surface area contributed by atoms with E-state index >= 15 is 0 Å². The van der Waals surface area contributed by atoms with E-state index in [0.29, 0.717) is 38.2 Å². The zero-order valence-electron chi connectivity index (χ0n) is 35.2. The number of rotatable bonds is 5. The summed E-state index contributed by atoms with van der Waals surface area (Å²) in [4.78, 5) is 75.1. The molecule has 0 unspecified atom stereocenters. The van der Waals surface area contributed by atoms with E-state index in [9.17, 15) is 32.4 Å². The fourth-order valence-electron chi connectivity index (χ4n) is 9.23. The summed E-state index contributed by atoms with van der Waals surface area (Å²) in [6.07, 6.45) is 7.05. The van der Waals surface area contributed by atoms with E-state index < -0.39 is 69.6 Å². The lowest BCUT2D eigenvalue weighted by Crippen LogP contribution is -2.58. The molecule has 2 saturated carbocycles. The smallest absolute Gasteiger partial charge is 0.410 e. The number of nitrogens with one attached hydrogen (secondary N) is 4. The van der Waals surface area contributed by atoms with Gasteiger partial charge in [-0.1, -0.05) is 56.0 Å². The second-order valence-corrected chi connectivity index (χ2v) is 18.8. The largest absolute Gasteiger partial charge is 0.446 e. The Hall–Kier alpha value is -5.32. The highest BCUT2D eigenvalue weighted by Gasteiger charge is 2.61. The van der Waals surface area contributed by atoms with Gasteiger partial charge in [-0.25, -0.2) is 22.7 Å². The number of amides is 5. The van der Waals surface area contributed by atoms with Crippen molar-refractivity contribution in [3.8, 4) is 0 Å². The molecule has 3 fully saturated rings. The number of hydrogen-bond donors (Lipinski definition) is 4. The molecule has 2 aliphatic carbocycles. The van der Waals surface area contributed by atoms with Crippen LogP contribution in [0.3, 0.4) is 0 Å². The fourth-order valence-corrected chi connectivity index (χ4v) is 10.5. The van der Waals surface area contributed by atoms with Gasteiger partial charge in [-0.15, -0.1) is 6.58 Å². The SMILES string of the molecule is C=C[C@@H]1C[C@@]12NC(=O)[C@@H]1C[C@@H](OC(=O)N3CCc4c(cccc4N(C)C)C3)CN1C(=O)[C@@H](NC(=O)OC1CCCC1)CCCCCCCNc1ccccc1S(=O)(=O)NC2=O. The molecule has 5 aliphatic rings. The Morgan fingerprint density at radius 1 is 0.934 bits per heavy atom. The van der Waals surface area contributed by atoms with E-state index in [2.05, 4.69) is 27.3 Å². The van der Waals surface area contributed by atoms with Gasteiger partial charge >= 0.3 is 12.2 Å². The van der Waals surface area contributed by atoms with Crippen molar-refractivity contribution in [1.82, 2.24) is 25.2 Å². The number of anilines is 2. The van der Waals surface area contributed by atoms with Crippen LogP contribution in [0.1, 0.15) is 88.2 Å². The molecule has 1 saturated heterocycles. The standard InChI is InChI=1S/C44H59N7O9S/c1-4-30-26-44(30)41(54)48-61(57,58)38-21-12-11-18-34(38)45-23-13-7-5-6-8-19-35(46-42(55)59-31-16-9-10-17-31)40(53)51-28-32(25-37(51)39(52)47-44)60-43(56)50-24-22-33-29(27-50)15-14-20-36(33)49(2)3/h4,11-12,14-15,18,20-21,30-32,35,37,45H,1,5-10,13,16-17,19,22-28H2,2-3H3,(H,46,55)(H,47,52)(H,48,54)/t30-,32-,35+,37+,44-/m1/s1. The Balaban J connectivity index is 1.15. The van der Waals surface area contributed by atoms with Crippen LogP contribution in [0.2, 0.25) is 0 Å². The molecule has 4 N–H and O–H groups in total. The number of carbonyl (C=O) groups is 5. The molecule has 17 heteroatoms. The summed E-state index contributed by atoms with van der Waals surface area (Å²) in [6, 6.07) is 10.0. The zero-order chi connectivity index (χ0) is 43.3. The molecule has 0 aromatic heterocycles. The number of para-hydroxylation sites is 1. The minimum absolute atomic E-state index is 0.0751. The lowest BCUT2D eigenvalue weighted by Gasteiger charge is -2.31. The lowest BCUT2D eigenvalue weighted by molar-refractivity contribution is -0.141. The van der Waals surface area contributed by atoms with E-state index in [1.807, 2.05) is 37.2 Å². The van der Waals surface area contributed by atoms with Crippen LogP contribution in [0.25, 0.3) is 0 Å². The molecule has 7 rings (SSSR count). The molecular formula is C44H59N7O9S. The summed E-state index contributed by atoms with van der Waals surface area (Å²) in [5.41, 5.74) is 1.92. The van der Waals surface area contributed by atoms with Crippen molar-refractivity contribution in [1.29, 1.82) is 0 Å². The molecule has 3 aliphatic heterocycles. The molecule has 330 valence electrons. The Bertz CT molecular complexity index is 2110. The molecule has 5 atom stereocenters. The Morgan fingerprint density at radius 3 is 2.43 bits per heavy atom. The number of carbonyl (C=O) groups excluding carboxylic acids is 5. The molecule has 2 aromatic carbocycles. The number of nitrogens with zero attached hydrogens (tertiary/aromatic N) is 3. The molecular weight excluding hydrogens is 803 g/mol. The van der Waals surface area contributed by atoms with Gasteiger partial charge in [0.05, 0.1) is 12.2 Å². The summed E-state index contributed by atoms with van der Waals surface area (Å²) >= 11 is 0. The lowest BCUT2D eigenvalue weighted by atomic mass is 9.97. The fraction of sp³-hybridized carbons (Fsp3) is 0.568. The molecule has 2 aromatic rings. The molecule has 5 amide bonds. The molecule has 0 radical (unpaired) electrons. The van der Waals surface area contributed by atoms with Crippen molar-refractivity contribution in [2.45, 2.75) is 125 Å². The monoisotopic (exact) mass is 861 g/mol. The van der Waals surface area contributed by atoms with Gasteiger partial charge < -0.3 is 40.1 Å². The summed E-state index contributed by atoms with van der Waals surface area (Å²) in [5.74, 6) is -2.81. The van der Waals surface area contributed by atoms with Crippen molar-refractivity contribution < 1.29 is 41.9 Å². The first-order valence-corrected chi connectivity index (χ1v) is 23.1. The van der Waals surface area contributed by atoms with Gasteiger partial charge in [-0.2, -0.15) is 0 Å². The minimum Gasteiger partial charge on any atom is -0.446 e. The van der Waals surface area contributed by atoms with Gasteiger partial charge in [-0.05, 0) is 80.7 Å². The van der Waals surface area contributed by atoms with Gasteiger partial charge in [-0.3, -0.25) is 14.4 Å². The Labute approximate surface area is 358 Å². The molecule has 61 heavy (non-hydrogen) atoms. The highest BCUT2D eigenvalue weighted by molar-refractivity contribution is 7.90. The average molecular weight is 862 g/mol. The summed E-state index contributed by atoms with van der Waals surface area (Å²) < 4.78 is 41.5. The number of sulfonamides is 1. The maximum Gasteiger partial charge on any atom is 0.410 e. The first-order chi connectivity index (χ1) is 29.3. The summed E-state index contributed by atoms with van der Waals surface area (Å²) in [5, 5.41) is 8.79. The van der Waals surface area contributed by atoms with E-state index in [4.69, 9.17) is 9.47 Å². The third-order valence-electron chi connectivity index (χ3n) is 12.7. The molecule has 0 bridgehead atoms. The van der Waals surface area contributed by atoms with Gasteiger partial charge in [0.1, 0.15) is 34.7 Å². The summed E-state index contributed by atoms with van der Waals surface area (Å²) in [6.45, 7) is 4.90. The van der Waals surface area contributed by atoms with Crippen LogP contribution < -0.4 is 25.6 Å². The number of fused-ring (bicyclic) bond motifs is 3. The van der Waals surface area contributed by atoms with Crippen molar-refractivity contribution in [2.75, 3.05) is 43.9 Å². The van der Waals surface area contributed by atoms with E-state index in [0.717, 1.165) is 68.2 Å². The number of alkyl carbamates (subject to hydrolysis) is 1. The molecule has 3 heterocycles. The number of benzene rings is 2. The maximum atomic E-state index is 14.7. The first kappa shape index (κ1) is 43.8. The Kier molecular flexibility index (Phi) is 13.4. The van der Waals surface area contributed by atoms with Crippen LogP contribution in [0.5, 0.6) is 0 Å². The Morgan fingerprint density at radius 2 is 1.67 bits per heavy atom. The van der Waals surface area contributed by atoms with Crippen LogP contribution in [-0.2, 0) is 46.8 Å². The second kappa shape index (κ2) is 18.7. The number of hydrogen-bond acceptors (Lipinski definition) is 11. The van der Waals surface area contributed by atoms with E-state index in [1.54, 1.807) is 23.1 Å². The van der Waals surface area contributed by atoms with Crippen LogP contribution >= 0.6 is 0 Å². The van der Waals surface area contributed by atoms with Crippen molar-refractivity contribution in [3.05, 3.63) is 66.2 Å². The third kappa shape index (κ3) is 9.92. The minimum atomic E-state index is -4.40. The van der Waals surface area contributed by atoms with Crippen LogP contribution in [0, 0.1) is 5.92 Å². The molecule has 1 spiro atoms. The van der Waals surface area contributed by atoms with Crippen molar-refractivity contribution in [2.24, 2.45) is 5.92 Å². The van der Waals surface area contributed by atoms with Gasteiger partial charge in [0.2, 0.25) is 11.8 Å². The predicted molar refractivity (Wildman–Crippen MR) is 228 cm³/mol. The highest BCUT2D eigenvalue weighted by atomic mass is 32.2. The van der Waals surface area contributed by atoms with Gasteiger partial charge in [0.25, 0.3) is 15.9 Å². The zero-order valence-corrected chi connectivity index (χ0v) is 36.0. The summed E-state index contributed by atoms with van der Waals surface area (Å²) in [7, 11) is -0.450. The van der Waals surface area contributed by atoms with Gasteiger partial charge in [0, 0.05) is 51.8 Å². The predicted octanol–water partition coefficient (Wildman–Crippen LogP) is 4.59. The van der Waals surface area contributed by atoms with Crippen LogP contribution in [-0.4, -0.2) is 112 Å². The highest BCUT2D eigenvalue weighted by Crippen LogP contribution is 2.45. The maximum absolute atomic E-state index is 14.7. The topological polar surface area (TPSA) is 196 Å². The van der Waals surface area contributed by atoms with Crippen molar-refractivity contribution >= 4 is 51.3 Å². The van der Waals surface area contributed by atoms with Crippen LogP contribution in [0.4, 0.5) is 21.0 Å². The first-order valence-electron chi connectivity index (χ1n) is 21.7. The van der Waals surface area contributed by atoms with E-state index in [1.165, 1.54) is 17.0 Å². The van der Waals surface area contributed by atoms with E-state index in [-0.39, 0.29) is 36.8 Å². The molecule has 16 nitrogen and oxygen atoms in total. The second-order valence-electron chi connectivity index (χ2n) is 17.2. The normalized spacial score (nSPS) is 27.3.